The molecule has 0 saturated carbocycles. The average molecular weight is 283 g/mol. The number of halogens is 2. The maximum absolute atomic E-state index is 9.16. The molecule has 0 spiro atoms. The van der Waals surface area contributed by atoms with Crippen molar-refractivity contribution in [3.8, 4) is 5.75 Å². The molecule has 0 aromatic heterocycles. The van der Waals surface area contributed by atoms with Crippen LogP contribution >= 0.6 is 28.6 Å². The van der Waals surface area contributed by atoms with E-state index in [0.717, 1.165) is 5.56 Å². The zero-order valence-corrected chi connectivity index (χ0v) is 9.95. The highest BCUT2D eigenvalue weighted by Crippen LogP contribution is 2.21. The molecule has 80 valence electrons. The fourth-order valence-corrected chi connectivity index (χ4v) is 1.26. The van der Waals surface area contributed by atoms with E-state index < -0.39 is 0 Å². The Labute approximate surface area is 98.3 Å². The lowest BCUT2D eigenvalue weighted by molar-refractivity contribution is 0.265. The number of phenolic OH excluding ortho intramolecular Hbond substituents is 1. The van der Waals surface area contributed by atoms with E-state index in [0.29, 0.717) is 11.4 Å². The number of aromatic hydroxyl groups is 1. The van der Waals surface area contributed by atoms with Crippen molar-refractivity contribution < 1.29 is 10.2 Å². The van der Waals surface area contributed by atoms with Gasteiger partial charge >= 0.3 is 0 Å². The molecule has 0 saturated heterocycles. The fraction of sp³-hybridized carbons (Fsp3) is 0.333. The van der Waals surface area contributed by atoms with Crippen molar-refractivity contribution in [3.63, 3.8) is 0 Å². The summed E-state index contributed by atoms with van der Waals surface area (Å²) in [6.07, 6.45) is 0.462. The molecule has 0 bridgehead atoms. The monoisotopic (exact) mass is 281 g/mol. The zero-order valence-electron chi connectivity index (χ0n) is 7.48. The first-order valence-corrected chi connectivity index (χ1v) is 4.35. The number of aliphatic hydroxyl groups excluding tert-OH is 1. The third kappa shape index (κ3) is 3.84. The zero-order chi connectivity index (χ0) is 9.84. The number of benzene rings is 1. The first kappa shape index (κ1) is 13.7. The molecule has 14 heavy (non-hydrogen) atoms. The molecular formula is C9H13BrClNO2. The van der Waals surface area contributed by atoms with Gasteiger partial charge in [0.25, 0.3) is 0 Å². The fourth-order valence-electron chi connectivity index (χ4n) is 1.06. The smallest absolute Gasteiger partial charge is 0.115 e. The van der Waals surface area contributed by atoms with Crippen molar-refractivity contribution in [2.75, 3.05) is 6.61 Å². The molecule has 4 N–H and O–H groups in total. The summed E-state index contributed by atoms with van der Waals surface area (Å²) in [5.74, 6) is 0.157. The van der Waals surface area contributed by atoms with E-state index in [1.807, 2.05) is 0 Å². The van der Waals surface area contributed by atoms with Gasteiger partial charge in [0.1, 0.15) is 5.75 Å². The quantitative estimate of drug-likeness (QED) is 0.787. The van der Waals surface area contributed by atoms with Crippen LogP contribution in [0.15, 0.2) is 18.2 Å². The lowest BCUT2D eigenvalue weighted by Gasteiger charge is -2.09. The minimum atomic E-state index is -0.334. The molecule has 3 nitrogen and oxygen atoms in total. The number of nitrogens with two attached hydrogens (primary N) is 1. The highest BCUT2D eigenvalue weighted by molar-refractivity contribution is 8.93. The first-order chi connectivity index (χ1) is 6.13. The molecule has 5 heteroatoms. The van der Waals surface area contributed by atoms with Crippen LogP contribution in [0.3, 0.4) is 0 Å². The molecule has 0 aliphatic heterocycles. The van der Waals surface area contributed by atoms with Gasteiger partial charge in [0.2, 0.25) is 0 Å². The largest absolute Gasteiger partial charge is 0.508 e. The number of aliphatic hydroxyl groups is 1. The summed E-state index contributed by atoms with van der Waals surface area (Å²) >= 11 is 5.85. The van der Waals surface area contributed by atoms with E-state index in [9.17, 15) is 0 Å². The highest BCUT2D eigenvalue weighted by Gasteiger charge is 2.06. The lowest BCUT2D eigenvalue weighted by Crippen LogP contribution is -2.26. The van der Waals surface area contributed by atoms with Crippen LogP contribution < -0.4 is 5.73 Å². The van der Waals surface area contributed by atoms with Gasteiger partial charge in [-0.1, -0.05) is 11.6 Å². The Morgan fingerprint density at radius 1 is 1.43 bits per heavy atom. The summed E-state index contributed by atoms with van der Waals surface area (Å²) in [5, 5.41) is 18.4. The predicted octanol–water partition coefficient (Wildman–Crippen LogP) is 1.49. The SMILES string of the molecule is Br.NC(CO)Cc1cc(O)ccc1Cl. The van der Waals surface area contributed by atoms with E-state index in [4.69, 9.17) is 27.5 Å². The molecular weight excluding hydrogens is 269 g/mol. The van der Waals surface area contributed by atoms with Crippen LogP contribution in [0.25, 0.3) is 0 Å². The first-order valence-electron chi connectivity index (χ1n) is 3.97. The summed E-state index contributed by atoms with van der Waals surface area (Å²) in [5.41, 5.74) is 6.29. The number of rotatable bonds is 3. The van der Waals surface area contributed by atoms with Crippen LogP contribution in [0.2, 0.25) is 5.02 Å². The van der Waals surface area contributed by atoms with E-state index in [2.05, 4.69) is 0 Å². The molecule has 0 fully saturated rings. The van der Waals surface area contributed by atoms with Crippen molar-refractivity contribution in [1.82, 2.24) is 0 Å². The highest BCUT2D eigenvalue weighted by atomic mass is 79.9. The second-order valence-corrected chi connectivity index (χ2v) is 3.33. The topological polar surface area (TPSA) is 66.5 Å². The van der Waals surface area contributed by atoms with E-state index in [1.165, 1.54) is 6.07 Å². The van der Waals surface area contributed by atoms with Crippen LogP contribution in [-0.4, -0.2) is 22.9 Å². The van der Waals surface area contributed by atoms with Crippen molar-refractivity contribution in [2.24, 2.45) is 5.73 Å². The predicted molar refractivity (Wildman–Crippen MR) is 62.2 cm³/mol. The van der Waals surface area contributed by atoms with Crippen molar-refractivity contribution in [1.29, 1.82) is 0 Å². The van der Waals surface area contributed by atoms with E-state index in [-0.39, 0.29) is 35.4 Å². The number of hydrogen-bond donors (Lipinski definition) is 3. The van der Waals surface area contributed by atoms with Crippen molar-refractivity contribution >= 4 is 28.6 Å². The average Bonchev–Trinajstić information content (AvgIpc) is 2.11. The minimum Gasteiger partial charge on any atom is -0.508 e. The van der Waals surface area contributed by atoms with E-state index >= 15 is 0 Å². The van der Waals surface area contributed by atoms with Crippen LogP contribution in [-0.2, 0) is 6.42 Å². The molecule has 0 aliphatic rings. The van der Waals surface area contributed by atoms with Gasteiger partial charge in [-0.2, -0.15) is 0 Å². The van der Waals surface area contributed by atoms with Gasteiger partial charge < -0.3 is 15.9 Å². The molecule has 0 heterocycles. The second kappa shape index (κ2) is 6.24. The van der Waals surface area contributed by atoms with Gasteiger partial charge in [0, 0.05) is 11.1 Å². The Morgan fingerprint density at radius 2 is 2.07 bits per heavy atom. The third-order valence-electron chi connectivity index (χ3n) is 1.75. The Hall–Kier alpha value is -0.290. The van der Waals surface area contributed by atoms with Gasteiger partial charge in [-0.15, -0.1) is 17.0 Å². The lowest BCUT2D eigenvalue weighted by atomic mass is 10.1. The van der Waals surface area contributed by atoms with Gasteiger partial charge in [-0.05, 0) is 30.2 Å². The molecule has 0 radical (unpaired) electrons. The number of hydrogen-bond acceptors (Lipinski definition) is 3. The van der Waals surface area contributed by atoms with Crippen LogP contribution in [0.4, 0.5) is 0 Å². The molecule has 1 rings (SSSR count). The van der Waals surface area contributed by atoms with Crippen LogP contribution in [0, 0.1) is 0 Å². The molecule has 0 aliphatic carbocycles. The Kier molecular flexibility index (Phi) is 6.11. The standard InChI is InChI=1S/C9H12ClNO2.BrH/c10-9-2-1-8(13)4-6(9)3-7(11)5-12;/h1-2,4,7,12-13H,3,5,11H2;1H. The molecule has 0 amide bonds. The summed E-state index contributed by atoms with van der Waals surface area (Å²) < 4.78 is 0. The maximum atomic E-state index is 9.16. The van der Waals surface area contributed by atoms with Crippen molar-refractivity contribution in [2.45, 2.75) is 12.5 Å². The summed E-state index contributed by atoms with van der Waals surface area (Å²) in [7, 11) is 0. The van der Waals surface area contributed by atoms with Crippen molar-refractivity contribution in [3.05, 3.63) is 28.8 Å². The Bertz CT molecular complexity index is 296. The summed E-state index contributed by atoms with van der Waals surface area (Å²) in [4.78, 5) is 0. The van der Waals surface area contributed by atoms with Gasteiger partial charge in [0.15, 0.2) is 0 Å². The minimum absolute atomic E-state index is 0. The molecule has 1 atom stereocenters. The third-order valence-corrected chi connectivity index (χ3v) is 2.11. The van der Waals surface area contributed by atoms with Crippen LogP contribution in [0.5, 0.6) is 5.75 Å². The molecule has 1 unspecified atom stereocenters. The van der Waals surface area contributed by atoms with Gasteiger partial charge in [-0.25, -0.2) is 0 Å². The maximum Gasteiger partial charge on any atom is 0.115 e. The van der Waals surface area contributed by atoms with Gasteiger partial charge in [0.05, 0.1) is 6.61 Å². The Balaban J connectivity index is 0.00000169. The Morgan fingerprint density at radius 3 is 2.64 bits per heavy atom. The molecule has 1 aromatic carbocycles. The summed E-state index contributed by atoms with van der Waals surface area (Å²) in [6, 6.07) is 4.34. The second-order valence-electron chi connectivity index (χ2n) is 2.92. The van der Waals surface area contributed by atoms with Crippen LogP contribution in [0.1, 0.15) is 5.56 Å². The van der Waals surface area contributed by atoms with E-state index in [1.54, 1.807) is 12.1 Å². The summed E-state index contributed by atoms with van der Waals surface area (Å²) in [6.45, 7) is -0.0913. The normalized spacial score (nSPS) is 11.9. The molecule has 1 aromatic rings. The van der Waals surface area contributed by atoms with Gasteiger partial charge in [-0.3, -0.25) is 0 Å². The number of phenols is 1.